The second-order valence-electron chi connectivity index (χ2n) is 8.56. The van der Waals surface area contributed by atoms with E-state index >= 15 is 0 Å². The van der Waals surface area contributed by atoms with Crippen LogP contribution < -0.4 is 11.0 Å². The zero-order valence-corrected chi connectivity index (χ0v) is 23.6. The van der Waals surface area contributed by atoms with Crippen LogP contribution in [-0.2, 0) is 20.2 Å². The first kappa shape index (κ1) is 29.3. The Morgan fingerprint density at radius 1 is 0.950 bits per heavy atom. The van der Waals surface area contributed by atoms with Gasteiger partial charge in [-0.15, -0.1) is 0 Å². The molecule has 3 aromatic carbocycles. The fourth-order valence-corrected chi connectivity index (χ4v) is 6.04. The highest BCUT2D eigenvalue weighted by atomic mass is 32.2. The van der Waals surface area contributed by atoms with E-state index in [4.69, 9.17) is 0 Å². The largest absolute Gasteiger partial charge is 0.350 e. The van der Waals surface area contributed by atoms with E-state index in [9.17, 15) is 30.7 Å². The number of nitrogens with one attached hydrogen (secondary N) is 2. The van der Waals surface area contributed by atoms with Gasteiger partial charge in [-0.25, -0.2) is 4.79 Å². The van der Waals surface area contributed by atoms with Crippen LogP contribution in [0, 0.1) is 6.92 Å². The Morgan fingerprint density at radius 2 is 1.70 bits per heavy atom. The van der Waals surface area contributed by atoms with Crippen molar-refractivity contribution in [3.8, 4) is 0 Å². The van der Waals surface area contributed by atoms with Crippen molar-refractivity contribution in [2.75, 3.05) is 11.1 Å². The van der Waals surface area contributed by atoms with Gasteiger partial charge in [-0.3, -0.25) is 14.1 Å². The molecular weight excluding hydrogens is 581 g/mol. The third-order valence-corrected chi connectivity index (χ3v) is 8.29. The average Bonchev–Trinajstić information content (AvgIpc) is 2.86. The van der Waals surface area contributed by atoms with Gasteiger partial charge in [0.2, 0.25) is 5.95 Å². The van der Waals surface area contributed by atoms with Gasteiger partial charge in [-0.05, 0) is 55.3 Å². The summed E-state index contributed by atoms with van der Waals surface area (Å²) in [6.07, 6.45) is 1.98. The van der Waals surface area contributed by atoms with Crippen molar-refractivity contribution in [3.05, 3.63) is 64.6 Å². The Morgan fingerprint density at radius 3 is 2.38 bits per heavy atom. The molecule has 0 bridgehead atoms. The van der Waals surface area contributed by atoms with Gasteiger partial charge in [0.05, 0.1) is 11.4 Å². The third kappa shape index (κ3) is 7.08. The maximum absolute atomic E-state index is 12.0. The number of fused-ring (bicyclic) bond motifs is 1. The number of hydrogen-bond acceptors (Lipinski definition) is 11. The van der Waals surface area contributed by atoms with Gasteiger partial charge in [0.15, 0.2) is 5.16 Å². The molecule has 0 aliphatic heterocycles. The molecule has 0 unspecified atom stereocenters. The standard InChI is InChI=1S/C24H24N6O7S3/c1-3-4-10-38-24-27-22(26-23(31)28-24)25-15-8-9-19(14(2)11-15)30-29-16-12-18-17(21(13-16)40(35,36)37)6-5-7-20(18)39(32,33)34/h5-9,11-13H,3-4,10H2,1-2H3,(H,32,33,34)(H,35,36,37)(H2,25,26,27,28,31). The first-order chi connectivity index (χ1) is 18.8. The topological polar surface area (TPSA) is 204 Å². The highest BCUT2D eigenvalue weighted by molar-refractivity contribution is 7.99. The number of unbranched alkanes of at least 4 members (excludes halogenated alkanes) is 1. The van der Waals surface area contributed by atoms with E-state index in [1.807, 2.05) is 0 Å². The fraction of sp³-hybridized carbons (Fsp3) is 0.208. The monoisotopic (exact) mass is 604 g/mol. The number of nitrogens with zero attached hydrogens (tertiary/aromatic N) is 4. The molecule has 0 spiro atoms. The fourth-order valence-electron chi connectivity index (χ4n) is 3.70. The van der Waals surface area contributed by atoms with Crippen LogP contribution in [0.3, 0.4) is 0 Å². The summed E-state index contributed by atoms with van der Waals surface area (Å²) in [5, 5.41) is 11.3. The van der Waals surface area contributed by atoms with Crippen molar-refractivity contribution < 1.29 is 25.9 Å². The summed E-state index contributed by atoms with van der Waals surface area (Å²) in [5.74, 6) is 1.01. The summed E-state index contributed by atoms with van der Waals surface area (Å²) in [4.78, 5) is 21.5. The van der Waals surface area contributed by atoms with E-state index in [0.717, 1.165) is 30.7 Å². The lowest BCUT2D eigenvalue weighted by molar-refractivity contribution is 0.481. The second-order valence-corrected chi connectivity index (χ2v) is 12.4. The van der Waals surface area contributed by atoms with Crippen LogP contribution in [0.4, 0.5) is 23.0 Å². The zero-order chi connectivity index (χ0) is 29.1. The van der Waals surface area contributed by atoms with Gasteiger partial charge in [-0.1, -0.05) is 37.2 Å². The molecule has 13 nitrogen and oxygen atoms in total. The zero-order valence-electron chi connectivity index (χ0n) is 21.2. The van der Waals surface area contributed by atoms with Crippen molar-refractivity contribution in [1.29, 1.82) is 0 Å². The molecule has 0 atom stereocenters. The number of aryl methyl sites for hydroxylation is 1. The Hall–Kier alpha value is -3.70. The molecule has 0 aliphatic carbocycles. The number of rotatable bonds is 10. The number of azo groups is 1. The molecule has 1 heterocycles. The van der Waals surface area contributed by atoms with Gasteiger partial charge < -0.3 is 5.32 Å². The summed E-state index contributed by atoms with van der Waals surface area (Å²) >= 11 is 1.39. The molecular formula is C24H24N6O7S3. The molecule has 0 aliphatic rings. The van der Waals surface area contributed by atoms with Crippen LogP contribution in [0.2, 0.25) is 0 Å². The maximum Gasteiger partial charge on any atom is 0.350 e. The normalized spacial score (nSPS) is 12.3. The quantitative estimate of drug-likeness (QED) is 0.0804. The highest BCUT2D eigenvalue weighted by Gasteiger charge is 2.21. The predicted molar refractivity (Wildman–Crippen MR) is 150 cm³/mol. The van der Waals surface area contributed by atoms with Crippen molar-refractivity contribution >= 4 is 65.8 Å². The molecule has 0 radical (unpaired) electrons. The number of H-pyrrole nitrogens is 1. The molecule has 4 rings (SSSR count). The Balaban J connectivity index is 1.65. The minimum absolute atomic E-state index is 0.0792. The smallest absolute Gasteiger partial charge is 0.326 e. The van der Waals surface area contributed by atoms with Crippen molar-refractivity contribution in [2.45, 2.75) is 41.6 Å². The van der Waals surface area contributed by atoms with E-state index in [-0.39, 0.29) is 22.4 Å². The van der Waals surface area contributed by atoms with Gasteiger partial charge >= 0.3 is 5.69 Å². The van der Waals surface area contributed by atoms with Gasteiger partial charge in [-0.2, -0.15) is 37.0 Å². The number of thioether (sulfide) groups is 1. The van der Waals surface area contributed by atoms with Crippen molar-refractivity contribution in [1.82, 2.24) is 15.0 Å². The van der Waals surface area contributed by atoms with Gasteiger partial charge in [0.25, 0.3) is 20.2 Å². The Kier molecular flexibility index (Phi) is 8.65. The summed E-state index contributed by atoms with van der Waals surface area (Å²) in [7, 11) is -9.49. The number of anilines is 2. The van der Waals surface area contributed by atoms with Crippen LogP contribution in [0.25, 0.3) is 10.8 Å². The van der Waals surface area contributed by atoms with E-state index in [1.165, 1.54) is 30.0 Å². The maximum atomic E-state index is 12.0. The Bertz CT molecular complexity index is 1890. The van der Waals surface area contributed by atoms with Crippen LogP contribution >= 0.6 is 11.8 Å². The van der Waals surface area contributed by atoms with E-state index in [1.54, 1.807) is 25.1 Å². The lowest BCUT2D eigenvalue weighted by Crippen LogP contribution is -2.15. The first-order valence-electron chi connectivity index (χ1n) is 11.8. The van der Waals surface area contributed by atoms with Crippen LogP contribution in [0.5, 0.6) is 0 Å². The Labute approximate surface area is 233 Å². The molecule has 4 aromatic rings. The molecule has 1 aromatic heterocycles. The number of aromatic nitrogens is 3. The van der Waals surface area contributed by atoms with Crippen LogP contribution in [-0.4, -0.2) is 46.6 Å². The molecule has 4 N–H and O–H groups in total. The van der Waals surface area contributed by atoms with Gasteiger partial charge in [0.1, 0.15) is 9.79 Å². The molecule has 0 fully saturated rings. The van der Waals surface area contributed by atoms with Crippen molar-refractivity contribution in [3.63, 3.8) is 0 Å². The summed E-state index contributed by atoms with van der Waals surface area (Å²) in [6, 6.07) is 10.9. The molecule has 40 heavy (non-hydrogen) atoms. The molecule has 16 heteroatoms. The number of hydrogen-bond donors (Lipinski definition) is 4. The van der Waals surface area contributed by atoms with Crippen LogP contribution in [0.1, 0.15) is 25.3 Å². The lowest BCUT2D eigenvalue weighted by atomic mass is 10.1. The minimum Gasteiger partial charge on any atom is -0.326 e. The summed E-state index contributed by atoms with van der Waals surface area (Å²) in [5.41, 5.74) is 1.03. The summed E-state index contributed by atoms with van der Waals surface area (Å²) in [6.45, 7) is 3.81. The van der Waals surface area contributed by atoms with E-state index in [0.29, 0.717) is 22.1 Å². The van der Waals surface area contributed by atoms with Gasteiger partial charge in [0, 0.05) is 22.2 Å². The summed E-state index contributed by atoms with van der Waals surface area (Å²) < 4.78 is 67.1. The van der Waals surface area contributed by atoms with E-state index in [2.05, 4.69) is 37.4 Å². The predicted octanol–water partition coefficient (Wildman–Crippen LogP) is 5.17. The minimum atomic E-state index is -4.78. The average molecular weight is 605 g/mol. The second kappa shape index (κ2) is 11.8. The third-order valence-electron chi connectivity index (χ3n) is 5.55. The lowest BCUT2D eigenvalue weighted by Gasteiger charge is -2.09. The van der Waals surface area contributed by atoms with E-state index < -0.39 is 35.7 Å². The SMILES string of the molecule is CCCCSc1nc(Nc2ccc(N=Nc3cc(S(=O)(=O)O)c4cccc(S(=O)(=O)O)c4c3)c(C)c2)[nH]c(=O)n1. The number of aromatic amines is 1. The van der Waals surface area contributed by atoms with Crippen LogP contribution in [0.15, 0.2) is 78.5 Å². The van der Waals surface area contributed by atoms with Crippen molar-refractivity contribution in [2.24, 2.45) is 10.2 Å². The first-order valence-corrected chi connectivity index (χ1v) is 15.6. The molecule has 0 amide bonds. The number of benzene rings is 3. The molecule has 210 valence electrons. The molecule has 0 saturated heterocycles. The molecule has 0 saturated carbocycles. The highest BCUT2D eigenvalue weighted by Crippen LogP contribution is 2.34.